The zero-order valence-electron chi connectivity index (χ0n) is 24.2. The molecular weight excluding hydrogens is 545 g/mol. The number of rotatable bonds is 12. The van der Waals surface area contributed by atoms with Gasteiger partial charge in [-0.25, -0.2) is 0 Å². The third kappa shape index (κ3) is 6.37. The molecule has 0 spiro atoms. The third-order valence-electron chi connectivity index (χ3n) is 8.34. The molecule has 42 heavy (non-hydrogen) atoms. The molecule has 11 heteroatoms. The maximum Gasteiger partial charge on any atom is 0.416 e. The quantitative estimate of drug-likeness (QED) is 0.278. The van der Waals surface area contributed by atoms with Gasteiger partial charge in [-0.05, 0) is 79.6 Å². The number of hydrogen-bond donors (Lipinski definition) is 2. The number of ether oxygens (including phenoxy) is 1. The summed E-state index contributed by atoms with van der Waals surface area (Å²) in [5.41, 5.74) is 1.85. The lowest BCUT2D eigenvalue weighted by Gasteiger charge is -2.39. The second-order valence-electron chi connectivity index (χ2n) is 11.5. The average molecular weight is 583 g/mol. The van der Waals surface area contributed by atoms with Crippen molar-refractivity contribution in [1.29, 1.82) is 0 Å². The van der Waals surface area contributed by atoms with Crippen LogP contribution < -0.4 is 15.5 Å². The Balaban J connectivity index is 1.45. The summed E-state index contributed by atoms with van der Waals surface area (Å²) in [5.74, 6) is 0.325. The summed E-state index contributed by atoms with van der Waals surface area (Å²) in [6, 6.07) is 8.39. The van der Waals surface area contributed by atoms with Crippen LogP contribution in [-0.4, -0.2) is 46.0 Å². The van der Waals surface area contributed by atoms with Crippen LogP contribution in [0.25, 0.3) is 0 Å². The Morgan fingerprint density at radius 2 is 1.95 bits per heavy atom. The highest BCUT2D eigenvalue weighted by atomic mass is 19.4. The molecule has 1 amide bonds. The van der Waals surface area contributed by atoms with Gasteiger partial charge in [0.2, 0.25) is 0 Å². The Morgan fingerprint density at radius 3 is 2.57 bits per heavy atom. The molecule has 0 bridgehead atoms. The van der Waals surface area contributed by atoms with Crippen molar-refractivity contribution in [3.05, 3.63) is 83.0 Å². The SMILES string of the molecule is C=CCNc1cc(C[C@@H](Cc2nncn2C)OC)cc(N2Cc3c(cc(CNC4(C)CCC4)cc3C(F)(F)F)C2=O)c1. The molecule has 3 aromatic rings. The molecule has 1 fully saturated rings. The molecule has 2 heterocycles. The van der Waals surface area contributed by atoms with Crippen LogP contribution >= 0.6 is 0 Å². The molecular formula is C31H37F3N6O2. The molecule has 1 saturated carbocycles. The molecule has 2 aromatic carbocycles. The Bertz CT molecular complexity index is 1460. The number of nitrogens with zero attached hydrogens (tertiary/aromatic N) is 4. The molecule has 0 saturated heterocycles. The largest absolute Gasteiger partial charge is 0.416 e. The van der Waals surface area contributed by atoms with E-state index in [0.29, 0.717) is 30.6 Å². The second kappa shape index (κ2) is 11.9. The van der Waals surface area contributed by atoms with Crippen molar-refractivity contribution in [3.63, 3.8) is 0 Å². The molecule has 1 atom stereocenters. The Kier molecular flexibility index (Phi) is 8.43. The molecule has 0 unspecified atom stereocenters. The maximum atomic E-state index is 14.3. The minimum atomic E-state index is -4.58. The summed E-state index contributed by atoms with van der Waals surface area (Å²) in [6.07, 6.45) is 2.61. The van der Waals surface area contributed by atoms with Crippen LogP contribution in [0.2, 0.25) is 0 Å². The number of aryl methyl sites for hydroxylation is 1. The van der Waals surface area contributed by atoms with Crippen molar-refractivity contribution in [2.24, 2.45) is 7.05 Å². The maximum absolute atomic E-state index is 14.3. The first-order chi connectivity index (χ1) is 20.0. The fourth-order valence-corrected chi connectivity index (χ4v) is 5.67. The zero-order chi connectivity index (χ0) is 30.1. The standard InChI is InChI=1S/C31H37F3N6O2/c1-5-9-35-22-10-20(12-24(42-4)16-28-38-37-19-39(28)3)11-23(15-22)40-18-26-25(29(40)41)13-21(14-27(26)31(32,33)34)17-36-30(2)7-6-8-30/h5,10-11,13-15,19,24,35-36H,1,6-9,12,16-18H2,2-4H3/t24-/m0/s1. The lowest BCUT2D eigenvalue weighted by atomic mass is 9.78. The van der Waals surface area contributed by atoms with E-state index in [-0.39, 0.29) is 35.9 Å². The predicted octanol–water partition coefficient (Wildman–Crippen LogP) is 5.42. The van der Waals surface area contributed by atoms with Crippen LogP contribution in [0.15, 0.2) is 49.3 Å². The topological polar surface area (TPSA) is 84.3 Å². The fraction of sp³-hybridized carbons (Fsp3) is 0.452. The van der Waals surface area contributed by atoms with Gasteiger partial charge in [0.25, 0.3) is 5.91 Å². The van der Waals surface area contributed by atoms with Crippen LogP contribution in [0, 0.1) is 0 Å². The van der Waals surface area contributed by atoms with Crippen molar-refractivity contribution in [2.45, 2.75) is 69.9 Å². The van der Waals surface area contributed by atoms with Gasteiger partial charge in [0.05, 0.1) is 18.2 Å². The van der Waals surface area contributed by atoms with E-state index in [2.05, 4.69) is 34.3 Å². The molecule has 1 aromatic heterocycles. The van der Waals surface area contributed by atoms with E-state index in [1.165, 1.54) is 11.0 Å². The third-order valence-corrected chi connectivity index (χ3v) is 8.34. The van der Waals surface area contributed by atoms with E-state index in [9.17, 15) is 18.0 Å². The van der Waals surface area contributed by atoms with Gasteiger partial charge in [-0.1, -0.05) is 6.08 Å². The minimum Gasteiger partial charge on any atom is -0.382 e. The Morgan fingerprint density at radius 1 is 1.17 bits per heavy atom. The number of fused-ring (bicyclic) bond motifs is 1. The van der Waals surface area contributed by atoms with Gasteiger partial charge in [0, 0.05) is 56.1 Å². The summed E-state index contributed by atoms with van der Waals surface area (Å²) in [7, 11) is 3.49. The molecule has 224 valence electrons. The summed E-state index contributed by atoms with van der Waals surface area (Å²) >= 11 is 0. The highest BCUT2D eigenvalue weighted by molar-refractivity contribution is 6.10. The number of anilines is 2. The number of methoxy groups -OCH3 is 1. The second-order valence-corrected chi connectivity index (χ2v) is 11.5. The van der Waals surface area contributed by atoms with Crippen LogP contribution in [0.1, 0.15) is 64.6 Å². The lowest BCUT2D eigenvalue weighted by molar-refractivity contribution is -0.138. The van der Waals surface area contributed by atoms with Crippen LogP contribution in [0.3, 0.4) is 0 Å². The van der Waals surface area contributed by atoms with Gasteiger partial charge in [-0.2, -0.15) is 13.2 Å². The van der Waals surface area contributed by atoms with E-state index in [1.807, 2.05) is 23.7 Å². The summed E-state index contributed by atoms with van der Waals surface area (Å²) in [4.78, 5) is 15.1. The van der Waals surface area contributed by atoms with Crippen molar-refractivity contribution >= 4 is 17.3 Å². The Hall–Kier alpha value is -3.70. The number of hydrogen-bond acceptors (Lipinski definition) is 6. The van der Waals surface area contributed by atoms with Crippen molar-refractivity contribution in [2.75, 3.05) is 23.9 Å². The first-order valence-corrected chi connectivity index (χ1v) is 14.1. The van der Waals surface area contributed by atoms with Crippen molar-refractivity contribution < 1.29 is 22.7 Å². The van der Waals surface area contributed by atoms with Gasteiger partial charge in [0.15, 0.2) is 0 Å². The van der Waals surface area contributed by atoms with Gasteiger partial charge in [-0.15, -0.1) is 16.8 Å². The van der Waals surface area contributed by atoms with Gasteiger partial charge < -0.3 is 24.8 Å². The number of halogens is 3. The number of carbonyl (C=O) groups excluding carboxylic acids is 1. The highest BCUT2D eigenvalue weighted by Gasteiger charge is 2.41. The number of carbonyl (C=O) groups is 1. The summed E-state index contributed by atoms with van der Waals surface area (Å²) in [5, 5.41) is 14.7. The van der Waals surface area contributed by atoms with Gasteiger partial charge in [-0.3, -0.25) is 4.79 Å². The van der Waals surface area contributed by atoms with Gasteiger partial charge >= 0.3 is 6.18 Å². The van der Waals surface area contributed by atoms with E-state index >= 15 is 0 Å². The van der Waals surface area contributed by atoms with E-state index in [4.69, 9.17) is 4.74 Å². The van der Waals surface area contributed by atoms with E-state index < -0.39 is 17.6 Å². The Labute approximate surface area is 244 Å². The van der Waals surface area contributed by atoms with E-state index in [1.54, 1.807) is 31.6 Å². The molecule has 8 nitrogen and oxygen atoms in total. The minimum absolute atomic E-state index is 0.00848. The first kappa shape index (κ1) is 29.8. The highest BCUT2D eigenvalue weighted by Crippen LogP contribution is 2.40. The van der Waals surface area contributed by atoms with Crippen molar-refractivity contribution in [1.82, 2.24) is 20.1 Å². The zero-order valence-corrected chi connectivity index (χ0v) is 24.2. The number of alkyl halides is 3. The molecule has 1 aliphatic carbocycles. The molecule has 1 aliphatic heterocycles. The molecule has 2 N–H and O–H groups in total. The smallest absolute Gasteiger partial charge is 0.382 e. The summed E-state index contributed by atoms with van der Waals surface area (Å²) < 4.78 is 50.4. The summed E-state index contributed by atoms with van der Waals surface area (Å²) in [6.45, 7) is 6.43. The lowest BCUT2D eigenvalue weighted by Crippen LogP contribution is -2.47. The number of aromatic nitrogens is 3. The van der Waals surface area contributed by atoms with Crippen molar-refractivity contribution in [3.8, 4) is 0 Å². The molecule has 2 aliphatic rings. The number of amides is 1. The first-order valence-electron chi connectivity index (χ1n) is 14.1. The monoisotopic (exact) mass is 582 g/mol. The van der Waals surface area contributed by atoms with Gasteiger partial charge in [0.1, 0.15) is 12.2 Å². The fourth-order valence-electron chi connectivity index (χ4n) is 5.67. The number of benzene rings is 2. The van der Waals surface area contributed by atoms with Crippen LogP contribution in [-0.2, 0) is 43.9 Å². The van der Waals surface area contributed by atoms with Crippen LogP contribution in [0.5, 0.6) is 0 Å². The normalized spacial score (nSPS) is 16.7. The predicted molar refractivity (Wildman–Crippen MR) is 155 cm³/mol. The molecule has 0 radical (unpaired) electrons. The number of nitrogens with one attached hydrogen (secondary N) is 2. The average Bonchev–Trinajstić information content (AvgIpc) is 3.50. The van der Waals surface area contributed by atoms with Crippen LogP contribution in [0.4, 0.5) is 24.5 Å². The van der Waals surface area contributed by atoms with E-state index in [0.717, 1.165) is 36.3 Å². The molecule has 5 rings (SSSR count).